The Morgan fingerprint density at radius 3 is 2.57 bits per heavy atom. The normalized spacial score (nSPS) is 21.4. The lowest BCUT2D eigenvalue weighted by atomic mass is 9.90. The van der Waals surface area contributed by atoms with Crippen LogP contribution in [0.25, 0.3) is 10.9 Å². The summed E-state index contributed by atoms with van der Waals surface area (Å²) in [4.78, 5) is 45.5. The number of fused-ring (bicyclic) bond motifs is 1. The maximum atomic E-state index is 13.0. The van der Waals surface area contributed by atoms with E-state index in [0.29, 0.717) is 55.6 Å². The van der Waals surface area contributed by atoms with Crippen LogP contribution in [0.15, 0.2) is 29.1 Å². The Labute approximate surface area is 175 Å². The highest BCUT2D eigenvalue weighted by Gasteiger charge is 2.39. The molecular weight excluding hydrogens is 384 g/mol. The van der Waals surface area contributed by atoms with Crippen molar-refractivity contribution in [3.63, 3.8) is 0 Å². The fraction of sp³-hybridized carbons (Fsp3) is 0.545. The van der Waals surface area contributed by atoms with Crippen LogP contribution in [-0.2, 0) is 22.6 Å². The van der Waals surface area contributed by atoms with Crippen molar-refractivity contribution >= 4 is 22.7 Å². The molecule has 1 aromatic heterocycles. The summed E-state index contributed by atoms with van der Waals surface area (Å²) >= 11 is 0. The number of aromatic nitrogens is 2. The van der Waals surface area contributed by atoms with Crippen molar-refractivity contribution < 1.29 is 14.7 Å². The number of aliphatic hydroxyl groups is 1. The van der Waals surface area contributed by atoms with Gasteiger partial charge in [0.1, 0.15) is 5.82 Å². The maximum Gasteiger partial charge on any atom is 0.261 e. The molecule has 0 saturated carbocycles. The second-order valence-electron chi connectivity index (χ2n) is 8.51. The van der Waals surface area contributed by atoms with Crippen LogP contribution in [0.5, 0.6) is 0 Å². The van der Waals surface area contributed by atoms with Crippen LogP contribution in [-0.4, -0.2) is 68.6 Å². The number of hydrogen-bond acceptors (Lipinski definition) is 5. The molecule has 1 unspecified atom stereocenters. The average molecular weight is 412 g/mol. The number of hydrogen-bond donors (Lipinski definition) is 1. The molecule has 0 radical (unpaired) electrons. The largest absolute Gasteiger partial charge is 0.388 e. The van der Waals surface area contributed by atoms with Gasteiger partial charge in [-0.3, -0.25) is 19.0 Å². The van der Waals surface area contributed by atoms with Gasteiger partial charge in [-0.1, -0.05) is 19.1 Å². The van der Waals surface area contributed by atoms with Gasteiger partial charge in [-0.2, -0.15) is 0 Å². The van der Waals surface area contributed by atoms with E-state index in [2.05, 4.69) is 4.98 Å². The molecule has 4 rings (SSSR count). The van der Waals surface area contributed by atoms with Crippen molar-refractivity contribution in [2.45, 2.75) is 44.8 Å². The molecule has 1 atom stereocenters. The SMILES string of the molecule is CCc1nc2ccccc2c(=O)n1CC1(O)CCN(C(=O)C2CC(=O)N(C)C2)CC1. The van der Waals surface area contributed by atoms with Crippen LogP contribution in [0.3, 0.4) is 0 Å². The molecule has 2 saturated heterocycles. The first-order chi connectivity index (χ1) is 14.3. The topological polar surface area (TPSA) is 95.7 Å². The highest BCUT2D eigenvalue weighted by molar-refractivity contribution is 5.89. The van der Waals surface area contributed by atoms with Crippen LogP contribution in [0, 0.1) is 5.92 Å². The fourth-order valence-corrected chi connectivity index (χ4v) is 4.53. The van der Waals surface area contributed by atoms with Crippen molar-refractivity contribution in [2.75, 3.05) is 26.7 Å². The number of rotatable bonds is 4. The molecule has 2 fully saturated rings. The number of nitrogens with zero attached hydrogens (tertiary/aromatic N) is 4. The Balaban J connectivity index is 1.49. The van der Waals surface area contributed by atoms with E-state index in [1.54, 1.807) is 27.5 Å². The summed E-state index contributed by atoms with van der Waals surface area (Å²) in [6, 6.07) is 7.25. The van der Waals surface area contributed by atoms with Gasteiger partial charge in [0.05, 0.1) is 29.0 Å². The van der Waals surface area contributed by atoms with Crippen LogP contribution in [0.4, 0.5) is 0 Å². The van der Waals surface area contributed by atoms with Crippen LogP contribution < -0.4 is 5.56 Å². The molecule has 1 aromatic carbocycles. The highest BCUT2D eigenvalue weighted by Crippen LogP contribution is 2.27. The third kappa shape index (κ3) is 3.71. The number of amides is 2. The Hall–Kier alpha value is -2.74. The molecule has 2 amide bonds. The van der Waals surface area contributed by atoms with Crippen LogP contribution >= 0.6 is 0 Å². The number of benzene rings is 1. The van der Waals surface area contributed by atoms with Gasteiger partial charge in [0, 0.05) is 39.5 Å². The lowest BCUT2D eigenvalue weighted by Crippen LogP contribution is -2.51. The predicted molar refractivity (Wildman–Crippen MR) is 112 cm³/mol. The zero-order valence-electron chi connectivity index (χ0n) is 17.5. The average Bonchev–Trinajstić information content (AvgIpc) is 3.08. The van der Waals surface area contributed by atoms with E-state index in [4.69, 9.17) is 0 Å². The molecule has 2 aromatic rings. The Kier molecular flexibility index (Phi) is 5.36. The number of para-hydroxylation sites is 1. The van der Waals surface area contributed by atoms with Gasteiger partial charge in [0.15, 0.2) is 0 Å². The Morgan fingerprint density at radius 2 is 1.93 bits per heavy atom. The summed E-state index contributed by atoms with van der Waals surface area (Å²) in [5.41, 5.74) is -0.548. The third-order valence-corrected chi connectivity index (χ3v) is 6.41. The van der Waals surface area contributed by atoms with Gasteiger partial charge in [-0.25, -0.2) is 4.98 Å². The number of carbonyl (C=O) groups is 2. The number of aryl methyl sites for hydroxylation is 1. The fourth-order valence-electron chi connectivity index (χ4n) is 4.53. The first-order valence-corrected chi connectivity index (χ1v) is 10.5. The van der Waals surface area contributed by atoms with Crippen molar-refractivity contribution in [1.82, 2.24) is 19.4 Å². The number of carbonyl (C=O) groups excluding carboxylic acids is 2. The first kappa shape index (κ1) is 20.5. The smallest absolute Gasteiger partial charge is 0.261 e. The van der Waals surface area contributed by atoms with Gasteiger partial charge in [0.25, 0.3) is 5.56 Å². The van der Waals surface area contributed by atoms with E-state index in [0.717, 1.165) is 0 Å². The molecule has 8 heteroatoms. The van der Waals surface area contributed by atoms with E-state index < -0.39 is 5.60 Å². The molecule has 0 spiro atoms. The predicted octanol–water partition coefficient (Wildman–Crippen LogP) is 0.791. The molecule has 3 heterocycles. The summed E-state index contributed by atoms with van der Waals surface area (Å²) < 4.78 is 1.59. The second-order valence-corrected chi connectivity index (χ2v) is 8.51. The summed E-state index contributed by atoms with van der Waals surface area (Å²) in [6.07, 6.45) is 1.62. The molecular formula is C22H28N4O4. The van der Waals surface area contributed by atoms with Gasteiger partial charge < -0.3 is 14.9 Å². The van der Waals surface area contributed by atoms with Gasteiger partial charge in [0.2, 0.25) is 11.8 Å². The maximum absolute atomic E-state index is 13.0. The molecule has 0 bridgehead atoms. The lowest BCUT2D eigenvalue weighted by Gasteiger charge is -2.39. The van der Waals surface area contributed by atoms with Crippen LogP contribution in [0.2, 0.25) is 0 Å². The third-order valence-electron chi connectivity index (χ3n) is 6.41. The molecule has 0 aliphatic carbocycles. The molecule has 2 aliphatic heterocycles. The van der Waals surface area contributed by atoms with Crippen molar-refractivity contribution in [2.24, 2.45) is 5.92 Å². The summed E-state index contributed by atoms with van der Waals surface area (Å²) in [5.74, 6) is 0.330. The molecule has 160 valence electrons. The lowest BCUT2D eigenvalue weighted by molar-refractivity contribution is -0.140. The minimum absolute atomic E-state index is 0.00265. The number of piperidine rings is 1. The van der Waals surface area contributed by atoms with E-state index in [9.17, 15) is 19.5 Å². The Bertz CT molecular complexity index is 1040. The summed E-state index contributed by atoms with van der Waals surface area (Å²) in [6.45, 7) is 3.40. The minimum atomic E-state index is -1.07. The van der Waals surface area contributed by atoms with Crippen molar-refractivity contribution in [1.29, 1.82) is 0 Å². The monoisotopic (exact) mass is 412 g/mol. The molecule has 1 N–H and O–H groups in total. The molecule has 30 heavy (non-hydrogen) atoms. The highest BCUT2D eigenvalue weighted by atomic mass is 16.3. The van der Waals surface area contributed by atoms with Crippen molar-refractivity contribution in [3.8, 4) is 0 Å². The number of likely N-dealkylation sites (tertiary alicyclic amines) is 2. The van der Waals surface area contributed by atoms with Crippen LogP contribution in [0.1, 0.15) is 32.0 Å². The zero-order valence-corrected chi connectivity index (χ0v) is 17.5. The molecule has 8 nitrogen and oxygen atoms in total. The van der Waals surface area contributed by atoms with Crippen molar-refractivity contribution in [3.05, 3.63) is 40.4 Å². The minimum Gasteiger partial charge on any atom is -0.388 e. The van der Waals surface area contributed by atoms with Gasteiger partial charge in [-0.05, 0) is 25.0 Å². The molecule has 2 aliphatic rings. The van der Waals surface area contributed by atoms with E-state index in [1.807, 2.05) is 25.1 Å². The first-order valence-electron chi connectivity index (χ1n) is 10.5. The van der Waals surface area contributed by atoms with E-state index in [-0.39, 0.29) is 36.3 Å². The summed E-state index contributed by atoms with van der Waals surface area (Å²) in [7, 11) is 1.71. The standard InChI is InChI=1S/C22H28N4O4/c1-3-18-23-17-7-5-4-6-16(17)21(29)26(18)14-22(30)8-10-25(11-9-22)20(28)15-12-19(27)24(2)13-15/h4-7,15,30H,3,8-14H2,1-2H3. The zero-order chi connectivity index (χ0) is 21.5. The van der Waals surface area contributed by atoms with Gasteiger partial charge in [-0.15, -0.1) is 0 Å². The van der Waals surface area contributed by atoms with E-state index >= 15 is 0 Å². The Morgan fingerprint density at radius 1 is 1.23 bits per heavy atom. The van der Waals surface area contributed by atoms with E-state index in [1.165, 1.54) is 0 Å². The van der Waals surface area contributed by atoms with Gasteiger partial charge >= 0.3 is 0 Å². The second kappa shape index (κ2) is 7.83. The summed E-state index contributed by atoms with van der Waals surface area (Å²) in [5, 5.41) is 11.7. The quantitative estimate of drug-likeness (QED) is 0.801.